The van der Waals surface area contributed by atoms with Crippen LogP contribution in [0.5, 0.6) is 0 Å². The minimum absolute atomic E-state index is 0.0345. The van der Waals surface area contributed by atoms with E-state index in [1.54, 1.807) is 11.3 Å². The molecule has 2 aliphatic rings. The van der Waals surface area contributed by atoms with Crippen molar-refractivity contribution >= 4 is 32.6 Å². The summed E-state index contributed by atoms with van der Waals surface area (Å²) in [6.07, 6.45) is 6.79. The second kappa shape index (κ2) is 8.12. The Morgan fingerprint density at radius 3 is 2.77 bits per heavy atom. The average Bonchev–Trinajstić information content (AvgIpc) is 3.41. The molecule has 0 bridgehead atoms. The topological polar surface area (TPSA) is 42.4 Å². The van der Waals surface area contributed by atoms with Gasteiger partial charge in [0.15, 0.2) is 5.13 Å². The van der Waals surface area contributed by atoms with Gasteiger partial charge in [-0.15, -0.1) is 0 Å². The molecule has 1 saturated heterocycles. The van der Waals surface area contributed by atoms with Gasteiger partial charge in [0, 0.05) is 12.2 Å². The maximum absolute atomic E-state index is 13.7. The van der Waals surface area contributed by atoms with Gasteiger partial charge in [-0.3, -0.25) is 9.69 Å². The van der Waals surface area contributed by atoms with E-state index < -0.39 is 0 Å². The van der Waals surface area contributed by atoms with Crippen molar-refractivity contribution in [2.75, 3.05) is 18.1 Å². The lowest BCUT2D eigenvalue weighted by Crippen LogP contribution is -2.37. The van der Waals surface area contributed by atoms with Gasteiger partial charge in [-0.1, -0.05) is 23.5 Å². The van der Waals surface area contributed by atoms with Crippen LogP contribution in [0.1, 0.15) is 58.3 Å². The van der Waals surface area contributed by atoms with E-state index in [1.807, 2.05) is 11.0 Å². The van der Waals surface area contributed by atoms with Crippen LogP contribution in [0.2, 0.25) is 0 Å². The first-order chi connectivity index (χ1) is 14.6. The van der Waals surface area contributed by atoms with Gasteiger partial charge in [-0.05, 0) is 92.8 Å². The maximum Gasteiger partial charge on any atom is 0.260 e. The van der Waals surface area contributed by atoms with Crippen molar-refractivity contribution in [3.8, 4) is 0 Å². The number of fused-ring (bicyclic) bond motifs is 2. The third-order valence-corrected chi connectivity index (χ3v) is 7.52. The second-order valence-electron chi connectivity index (χ2n) is 8.67. The summed E-state index contributed by atoms with van der Waals surface area (Å²) >= 11 is 1.61. The minimum Gasteiger partial charge on any atom is -0.376 e. The Morgan fingerprint density at radius 1 is 1.13 bits per heavy atom. The van der Waals surface area contributed by atoms with Crippen LogP contribution in [0.3, 0.4) is 0 Å². The van der Waals surface area contributed by atoms with E-state index in [2.05, 4.69) is 38.1 Å². The summed E-state index contributed by atoms with van der Waals surface area (Å²) < 4.78 is 7.04. The number of rotatable bonds is 4. The van der Waals surface area contributed by atoms with Gasteiger partial charge in [0.2, 0.25) is 0 Å². The zero-order chi connectivity index (χ0) is 20.7. The molecule has 1 fully saturated rings. The number of hydrogen-bond donors (Lipinski definition) is 0. The Hall–Kier alpha value is -2.24. The Morgan fingerprint density at radius 2 is 1.97 bits per heavy atom. The second-order valence-corrected chi connectivity index (χ2v) is 9.65. The van der Waals surface area contributed by atoms with E-state index >= 15 is 0 Å². The van der Waals surface area contributed by atoms with Crippen LogP contribution in [0, 0.1) is 13.8 Å². The highest BCUT2D eigenvalue weighted by atomic mass is 32.1. The number of nitrogens with zero attached hydrogens (tertiary/aromatic N) is 2. The lowest BCUT2D eigenvalue weighted by molar-refractivity contribution is 0.0917. The number of aromatic nitrogens is 1. The summed E-state index contributed by atoms with van der Waals surface area (Å²) in [7, 11) is 0. The van der Waals surface area contributed by atoms with Crippen molar-refractivity contribution in [2.45, 2.75) is 58.5 Å². The molecule has 5 rings (SSSR count). The van der Waals surface area contributed by atoms with E-state index in [-0.39, 0.29) is 12.0 Å². The van der Waals surface area contributed by atoms with Crippen LogP contribution in [-0.2, 0) is 17.6 Å². The predicted molar refractivity (Wildman–Crippen MR) is 123 cm³/mol. The van der Waals surface area contributed by atoms with Crippen LogP contribution < -0.4 is 4.90 Å². The number of carbonyl (C=O) groups is 1. The highest BCUT2D eigenvalue weighted by Gasteiger charge is 2.28. The number of benzene rings is 2. The molecule has 1 aliphatic carbocycles. The molecular weight excluding hydrogens is 392 g/mol. The third kappa shape index (κ3) is 3.77. The Labute approximate surface area is 181 Å². The summed E-state index contributed by atoms with van der Waals surface area (Å²) in [5.41, 5.74) is 6.88. The van der Waals surface area contributed by atoms with Crippen molar-refractivity contribution in [1.82, 2.24) is 4.98 Å². The lowest BCUT2D eigenvalue weighted by Gasteiger charge is -2.24. The van der Waals surface area contributed by atoms with E-state index in [9.17, 15) is 4.79 Å². The quantitative estimate of drug-likeness (QED) is 0.550. The zero-order valence-electron chi connectivity index (χ0n) is 17.7. The molecule has 30 heavy (non-hydrogen) atoms. The van der Waals surface area contributed by atoms with Crippen molar-refractivity contribution in [1.29, 1.82) is 0 Å². The van der Waals surface area contributed by atoms with Gasteiger partial charge >= 0.3 is 0 Å². The molecule has 0 saturated carbocycles. The molecule has 1 aliphatic heterocycles. The highest BCUT2D eigenvalue weighted by molar-refractivity contribution is 7.22. The van der Waals surface area contributed by atoms with E-state index in [1.165, 1.54) is 35.1 Å². The molecule has 156 valence electrons. The highest BCUT2D eigenvalue weighted by Crippen LogP contribution is 2.34. The minimum atomic E-state index is 0.0345. The van der Waals surface area contributed by atoms with Gasteiger partial charge in [-0.25, -0.2) is 4.98 Å². The van der Waals surface area contributed by atoms with Crippen molar-refractivity contribution in [3.05, 3.63) is 58.1 Å². The van der Waals surface area contributed by atoms with Gasteiger partial charge in [0.25, 0.3) is 5.91 Å². The molecule has 1 unspecified atom stereocenters. The molecule has 1 atom stereocenters. The van der Waals surface area contributed by atoms with Gasteiger partial charge < -0.3 is 4.74 Å². The van der Waals surface area contributed by atoms with Crippen LogP contribution in [0.25, 0.3) is 10.2 Å². The summed E-state index contributed by atoms with van der Waals surface area (Å²) in [5, 5.41) is 0.775. The summed E-state index contributed by atoms with van der Waals surface area (Å²) in [6.45, 7) is 5.55. The smallest absolute Gasteiger partial charge is 0.260 e. The van der Waals surface area contributed by atoms with E-state index in [0.717, 1.165) is 53.2 Å². The number of hydrogen-bond acceptors (Lipinski definition) is 4. The number of aryl methyl sites for hydroxylation is 4. The zero-order valence-corrected chi connectivity index (χ0v) is 18.6. The largest absolute Gasteiger partial charge is 0.376 e. The molecule has 2 heterocycles. The molecule has 2 aromatic carbocycles. The van der Waals surface area contributed by atoms with Crippen molar-refractivity contribution in [2.24, 2.45) is 0 Å². The fourth-order valence-corrected chi connectivity index (χ4v) is 5.77. The Kier molecular flexibility index (Phi) is 5.34. The van der Waals surface area contributed by atoms with Crippen LogP contribution in [0.4, 0.5) is 5.13 Å². The van der Waals surface area contributed by atoms with Crippen LogP contribution in [0.15, 0.2) is 30.3 Å². The maximum atomic E-state index is 13.7. The number of carbonyl (C=O) groups excluding carboxylic acids is 1. The first kappa shape index (κ1) is 19.7. The first-order valence-electron chi connectivity index (χ1n) is 11.0. The average molecular weight is 421 g/mol. The van der Waals surface area contributed by atoms with Crippen LogP contribution >= 0.6 is 11.3 Å². The van der Waals surface area contributed by atoms with E-state index in [4.69, 9.17) is 9.72 Å². The Bertz CT molecular complexity index is 1100. The Balaban J connectivity index is 1.53. The molecule has 0 spiro atoms. The fourth-order valence-electron chi connectivity index (χ4n) is 4.74. The number of ether oxygens (including phenoxy) is 1. The van der Waals surface area contributed by atoms with Crippen LogP contribution in [-0.4, -0.2) is 30.1 Å². The molecule has 4 nitrogen and oxygen atoms in total. The molecule has 0 radical (unpaired) electrons. The SMILES string of the molecule is Cc1cc(C)c2sc(N(CC3CCCO3)C(=O)c3ccc4c(c3)CCCC4)nc2c1. The molecule has 0 N–H and O–H groups in total. The van der Waals surface area contributed by atoms with E-state index in [0.29, 0.717) is 6.54 Å². The number of thiazole rings is 1. The normalized spacial score (nSPS) is 18.5. The number of anilines is 1. The summed E-state index contributed by atoms with van der Waals surface area (Å²) in [4.78, 5) is 20.4. The lowest BCUT2D eigenvalue weighted by atomic mass is 9.90. The summed E-state index contributed by atoms with van der Waals surface area (Å²) in [5.74, 6) is 0.0345. The van der Waals surface area contributed by atoms with Crippen molar-refractivity contribution < 1.29 is 9.53 Å². The fraction of sp³-hybridized carbons (Fsp3) is 0.440. The molecule has 1 aromatic heterocycles. The molecule has 5 heteroatoms. The predicted octanol–water partition coefficient (Wildman–Crippen LogP) is 5.62. The van der Waals surface area contributed by atoms with Crippen molar-refractivity contribution in [3.63, 3.8) is 0 Å². The molecule has 3 aromatic rings. The molecular formula is C25H28N2O2S. The summed E-state index contributed by atoms with van der Waals surface area (Å²) in [6, 6.07) is 10.5. The number of amides is 1. The standard InChI is InChI=1S/C25H28N2O2S/c1-16-12-17(2)23-22(13-16)26-25(30-23)27(15-21-8-5-11-29-21)24(28)20-10-9-18-6-3-4-7-19(18)14-20/h9-10,12-14,21H,3-8,11,15H2,1-2H3. The van der Waals surface area contributed by atoms with Gasteiger partial charge in [0.1, 0.15) is 0 Å². The first-order valence-corrected chi connectivity index (χ1v) is 11.8. The van der Waals surface area contributed by atoms with Gasteiger partial charge in [0.05, 0.1) is 22.9 Å². The molecule has 1 amide bonds. The third-order valence-electron chi connectivity index (χ3n) is 6.29. The van der Waals surface area contributed by atoms with Gasteiger partial charge in [-0.2, -0.15) is 0 Å². The monoisotopic (exact) mass is 420 g/mol.